The fourth-order valence-corrected chi connectivity index (χ4v) is 2.33. The summed E-state index contributed by atoms with van der Waals surface area (Å²) in [6, 6.07) is 16.0. The Morgan fingerprint density at radius 3 is 2.57 bits per heavy atom. The standard InChI is InChI=1S/C20H17ClN2O5/c21-15-8-6-14(7-9-15)17-10-23-19(28-17)13-27-20(25)11-22-18(24)12-26-16-4-2-1-3-5-16/h1-10H,11-13H2,(H,22,24). The van der Waals surface area contributed by atoms with E-state index in [1.54, 1.807) is 48.5 Å². The van der Waals surface area contributed by atoms with Crippen molar-refractivity contribution in [1.82, 2.24) is 10.3 Å². The summed E-state index contributed by atoms with van der Waals surface area (Å²) in [5, 5.41) is 3.04. The van der Waals surface area contributed by atoms with E-state index in [-0.39, 0.29) is 25.6 Å². The lowest BCUT2D eigenvalue weighted by Crippen LogP contribution is -2.34. The molecule has 0 aliphatic carbocycles. The van der Waals surface area contributed by atoms with E-state index in [1.165, 1.54) is 6.20 Å². The summed E-state index contributed by atoms with van der Waals surface area (Å²) in [6.45, 7) is -0.605. The molecule has 2 aromatic carbocycles. The van der Waals surface area contributed by atoms with Gasteiger partial charge in [-0.3, -0.25) is 9.59 Å². The predicted molar refractivity (Wildman–Crippen MR) is 102 cm³/mol. The first kappa shape index (κ1) is 19.4. The Morgan fingerprint density at radius 1 is 1.07 bits per heavy atom. The average Bonchev–Trinajstić information content (AvgIpc) is 3.19. The fourth-order valence-electron chi connectivity index (χ4n) is 2.21. The summed E-state index contributed by atoms with van der Waals surface area (Å²) >= 11 is 5.85. The quantitative estimate of drug-likeness (QED) is 0.584. The van der Waals surface area contributed by atoms with Gasteiger partial charge >= 0.3 is 5.97 Å². The zero-order chi connectivity index (χ0) is 19.8. The van der Waals surface area contributed by atoms with Gasteiger partial charge in [0, 0.05) is 10.6 Å². The Morgan fingerprint density at radius 2 is 1.82 bits per heavy atom. The zero-order valence-corrected chi connectivity index (χ0v) is 15.5. The number of nitrogens with zero attached hydrogens (tertiary/aromatic N) is 1. The number of ether oxygens (including phenoxy) is 2. The maximum absolute atomic E-state index is 11.7. The molecule has 0 radical (unpaired) electrons. The normalized spacial score (nSPS) is 10.3. The Kier molecular flexibility index (Phi) is 6.64. The second kappa shape index (κ2) is 9.57. The van der Waals surface area contributed by atoms with Crippen molar-refractivity contribution >= 4 is 23.5 Å². The minimum Gasteiger partial charge on any atom is -0.484 e. The number of benzene rings is 2. The van der Waals surface area contributed by atoms with Crippen LogP contribution in [0.2, 0.25) is 5.02 Å². The highest BCUT2D eigenvalue weighted by Gasteiger charge is 2.11. The van der Waals surface area contributed by atoms with Crippen molar-refractivity contribution in [3.63, 3.8) is 0 Å². The third kappa shape index (κ3) is 5.85. The minimum absolute atomic E-state index is 0.136. The van der Waals surface area contributed by atoms with Gasteiger partial charge in [-0.05, 0) is 36.4 Å². The van der Waals surface area contributed by atoms with Crippen LogP contribution in [0.25, 0.3) is 11.3 Å². The van der Waals surface area contributed by atoms with Crippen molar-refractivity contribution in [1.29, 1.82) is 0 Å². The molecule has 0 aliphatic heterocycles. The van der Waals surface area contributed by atoms with Gasteiger partial charge in [-0.15, -0.1) is 0 Å². The van der Waals surface area contributed by atoms with Crippen LogP contribution in [0, 0.1) is 0 Å². The molecule has 7 nitrogen and oxygen atoms in total. The molecule has 3 aromatic rings. The number of esters is 1. The van der Waals surface area contributed by atoms with E-state index in [0.717, 1.165) is 5.56 Å². The molecule has 0 bridgehead atoms. The first-order valence-corrected chi connectivity index (χ1v) is 8.79. The highest BCUT2D eigenvalue weighted by molar-refractivity contribution is 6.30. The van der Waals surface area contributed by atoms with Crippen LogP contribution in [0.3, 0.4) is 0 Å². The maximum atomic E-state index is 11.7. The molecule has 1 N–H and O–H groups in total. The molecule has 0 atom stereocenters. The molecule has 3 rings (SSSR count). The van der Waals surface area contributed by atoms with E-state index in [4.69, 9.17) is 25.5 Å². The molecule has 1 amide bonds. The van der Waals surface area contributed by atoms with E-state index in [1.807, 2.05) is 6.07 Å². The summed E-state index contributed by atoms with van der Waals surface area (Å²) < 4.78 is 15.9. The Bertz CT molecular complexity index is 925. The third-order valence-corrected chi connectivity index (χ3v) is 3.83. The van der Waals surface area contributed by atoms with Gasteiger partial charge in [0.2, 0.25) is 5.89 Å². The van der Waals surface area contributed by atoms with Crippen LogP contribution < -0.4 is 10.1 Å². The molecule has 144 valence electrons. The van der Waals surface area contributed by atoms with Crippen molar-refractivity contribution < 1.29 is 23.5 Å². The molecule has 0 aliphatic rings. The first-order valence-electron chi connectivity index (χ1n) is 8.41. The summed E-state index contributed by atoms with van der Waals surface area (Å²) in [5.41, 5.74) is 0.806. The van der Waals surface area contributed by atoms with Crippen LogP contribution in [0.5, 0.6) is 5.75 Å². The average molecular weight is 401 g/mol. The highest BCUT2D eigenvalue weighted by atomic mass is 35.5. The number of rotatable bonds is 8. The second-order valence-corrected chi connectivity index (χ2v) is 6.10. The molecule has 0 saturated carbocycles. The van der Waals surface area contributed by atoms with Crippen molar-refractivity contribution in [3.8, 4) is 17.1 Å². The van der Waals surface area contributed by atoms with Gasteiger partial charge in [0.1, 0.15) is 12.3 Å². The number of para-hydroxylation sites is 1. The summed E-state index contributed by atoms with van der Waals surface area (Å²) in [4.78, 5) is 27.5. The smallest absolute Gasteiger partial charge is 0.325 e. The van der Waals surface area contributed by atoms with E-state index in [9.17, 15) is 9.59 Å². The number of halogens is 1. The molecule has 1 heterocycles. The topological polar surface area (TPSA) is 90.7 Å². The van der Waals surface area contributed by atoms with E-state index >= 15 is 0 Å². The Balaban J connectivity index is 1.38. The van der Waals surface area contributed by atoms with Crippen molar-refractivity contribution in [3.05, 3.63) is 71.7 Å². The molecule has 8 heteroatoms. The van der Waals surface area contributed by atoms with Gasteiger partial charge in [-0.1, -0.05) is 29.8 Å². The van der Waals surface area contributed by atoms with Gasteiger partial charge in [0.25, 0.3) is 5.91 Å². The van der Waals surface area contributed by atoms with Gasteiger partial charge in [-0.25, -0.2) is 4.98 Å². The van der Waals surface area contributed by atoms with E-state index in [2.05, 4.69) is 10.3 Å². The number of hydrogen-bond donors (Lipinski definition) is 1. The Hall–Kier alpha value is -3.32. The number of hydrogen-bond acceptors (Lipinski definition) is 6. The van der Waals surface area contributed by atoms with Gasteiger partial charge in [-0.2, -0.15) is 0 Å². The molecule has 1 aromatic heterocycles. The molecule has 0 unspecified atom stereocenters. The molecule has 0 fully saturated rings. The molecule has 0 spiro atoms. The van der Waals surface area contributed by atoms with Crippen LogP contribution in [0.4, 0.5) is 0 Å². The number of aromatic nitrogens is 1. The molecular formula is C20H17ClN2O5. The maximum Gasteiger partial charge on any atom is 0.325 e. The number of amides is 1. The van der Waals surface area contributed by atoms with E-state index < -0.39 is 11.9 Å². The lowest BCUT2D eigenvalue weighted by atomic mass is 10.2. The SMILES string of the molecule is O=C(COc1ccccc1)NCC(=O)OCc1ncc(-c2ccc(Cl)cc2)o1. The van der Waals surface area contributed by atoms with Crippen LogP contribution in [0.1, 0.15) is 5.89 Å². The van der Waals surface area contributed by atoms with Gasteiger partial charge in [0.05, 0.1) is 6.20 Å². The number of carbonyl (C=O) groups excluding carboxylic acids is 2. The van der Waals surface area contributed by atoms with Crippen LogP contribution in [-0.4, -0.2) is 30.0 Å². The summed E-state index contributed by atoms with van der Waals surface area (Å²) in [6.07, 6.45) is 1.54. The lowest BCUT2D eigenvalue weighted by Gasteiger charge is -2.07. The van der Waals surface area contributed by atoms with Crippen LogP contribution >= 0.6 is 11.6 Å². The monoisotopic (exact) mass is 400 g/mol. The van der Waals surface area contributed by atoms with Crippen molar-refractivity contribution in [2.75, 3.05) is 13.2 Å². The minimum atomic E-state index is -0.612. The molecule has 28 heavy (non-hydrogen) atoms. The van der Waals surface area contributed by atoms with Gasteiger partial charge < -0.3 is 19.2 Å². The molecular weight excluding hydrogens is 384 g/mol. The van der Waals surface area contributed by atoms with Crippen LogP contribution in [0.15, 0.2) is 65.2 Å². The zero-order valence-electron chi connectivity index (χ0n) is 14.8. The van der Waals surface area contributed by atoms with Crippen molar-refractivity contribution in [2.45, 2.75) is 6.61 Å². The van der Waals surface area contributed by atoms with Crippen molar-refractivity contribution in [2.24, 2.45) is 0 Å². The second-order valence-electron chi connectivity index (χ2n) is 5.66. The largest absolute Gasteiger partial charge is 0.484 e. The van der Waals surface area contributed by atoms with E-state index in [0.29, 0.717) is 16.5 Å². The highest BCUT2D eigenvalue weighted by Crippen LogP contribution is 2.22. The third-order valence-electron chi connectivity index (χ3n) is 3.58. The number of nitrogens with one attached hydrogen (secondary N) is 1. The number of carbonyl (C=O) groups is 2. The summed E-state index contributed by atoms with van der Waals surface area (Å²) in [7, 11) is 0. The first-order chi connectivity index (χ1) is 13.6. The fraction of sp³-hybridized carbons (Fsp3) is 0.150. The van der Waals surface area contributed by atoms with Gasteiger partial charge in [0.15, 0.2) is 19.0 Å². The summed E-state index contributed by atoms with van der Waals surface area (Å²) in [5.74, 6) is 0.313. The number of oxazole rings is 1. The molecule has 0 saturated heterocycles. The predicted octanol–water partition coefficient (Wildman–Crippen LogP) is 3.23. The Labute approximate surface area is 166 Å². The lowest BCUT2D eigenvalue weighted by molar-refractivity contribution is -0.145. The van der Waals surface area contributed by atoms with Crippen LogP contribution in [-0.2, 0) is 20.9 Å².